The third kappa shape index (κ3) is 3.44. The minimum absolute atomic E-state index is 0. The van der Waals surface area contributed by atoms with Crippen molar-refractivity contribution in [3.63, 3.8) is 0 Å². The first-order valence-electron chi connectivity index (χ1n) is 5.76. The van der Waals surface area contributed by atoms with Crippen LogP contribution in [0.5, 0.6) is 0 Å². The predicted octanol–water partition coefficient (Wildman–Crippen LogP) is 2.69. The molecule has 0 spiro atoms. The van der Waals surface area contributed by atoms with Crippen molar-refractivity contribution in [2.24, 2.45) is 7.05 Å². The van der Waals surface area contributed by atoms with Gasteiger partial charge in [-0.2, -0.15) is 23.4 Å². The number of alkyl halides is 3. The summed E-state index contributed by atoms with van der Waals surface area (Å²) in [5.41, 5.74) is 0.0564. The number of rotatable bonds is 4. The average Bonchev–Trinajstić information content (AvgIpc) is 2.91. The van der Waals surface area contributed by atoms with E-state index in [9.17, 15) is 13.2 Å². The zero-order valence-corrected chi connectivity index (χ0v) is 11.8. The van der Waals surface area contributed by atoms with Crippen LogP contribution in [0, 0.1) is 0 Å². The van der Waals surface area contributed by atoms with E-state index in [1.54, 1.807) is 17.1 Å². The number of nitrogens with zero attached hydrogens (tertiary/aromatic N) is 4. The molecule has 0 aromatic carbocycles. The molecule has 2 aromatic heterocycles. The van der Waals surface area contributed by atoms with Crippen LogP contribution < -0.4 is 5.32 Å². The van der Waals surface area contributed by atoms with Gasteiger partial charge in [0.15, 0.2) is 0 Å². The van der Waals surface area contributed by atoms with Crippen molar-refractivity contribution in [3.8, 4) is 0 Å². The molecule has 0 unspecified atom stereocenters. The fourth-order valence-corrected chi connectivity index (χ4v) is 1.80. The number of hydrogen-bond donors (Lipinski definition) is 1. The molecule has 0 amide bonds. The lowest BCUT2D eigenvalue weighted by atomic mass is 10.2. The Bertz CT molecular complexity index is 561. The van der Waals surface area contributed by atoms with Crippen LogP contribution in [0.25, 0.3) is 0 Å². The van der Waals surface area contributed by atoms with Gasteiger partial charge in [0.25, 0.3) is 0 Å². The van der Waals surface area contributed by atoms with Crippen LogP contribution in [0.3, 0.4) is 0 Å². The highest BCUT2D eigenvalue weighted by Crippen LogP contribution is 2.31. The van der Waals surface area contributed by atoms with Crippen LogP contribution in [0.4, 0.5) is 18.9 Å². The van der Waals surface area contributed by atoms with Gasteiger partial charge in [0, 0.05) is 31.9 Å². The van der Waals surface area contributed by atoms with Crippen molar-refractivity contribution in [2.45, 2.75) is 26.2 Å². The van der Waals surface area contributed by atoms with Gasteiger partial charge in [-0.05, 0) is 6.92 Å². The molecule has 112 valence electrons. The summed E-state index contributed by atoms with van der Waals surface area (Å²) < 4.78 is 41.0. The fraction of sp³-hybridized carbons (Fsp3) is 0.455. The molecule has 5 nitrogen and oxygen atoms in total. The van der Waals surface area contributed by atoms with Crippen LogP contribution in [-0.2, 0) is 26.3 Å². The first-order chi connectivity index (χ1) is 8.91. The summed E-state index contributed by atoms with van der Waals surface area (Å²) in [5, 5.41) is 10.6. The standard InChI is InChI=1S/C11H14F3N5.ClH/c1-3-19-7-9(6-17-19)15-4-8-5-16-18(2)10(8)11(12,13)14;/h5-7,15H,3-4H2,1-2H3;1H. The van der Waals surface area contributed by atoms with Crippen LogP contribution >= 0.6 is 12.4 Å². The van der Waals surface area contributed by atoms with Gasteiger partial charge in [0.05, 0.1) is 18.1 Å². The quantitative estimate of drug-likeness (QED) is 0.944. The maximum Gasteiger partial charge on any atom is 0.433 e. The molecule has 0 radical (unpaired) electrons. The Kier molecular flexibility index (Phi) is 5.04. The molecule has 0 aliphatic carbocycles. The zero-order chi connectivity index (χ0) is 14.0. The summed E-state index contributed by atoms with van der Waals surface area (Å²) >= 11 is 0. The SMILES string of the molecule is CCn1cc(NCc2cnn(C)c2C(F)(F)F)cn1.Cl. The first kappa shape index (κ1) is 16.4. The molecular weight excluding hydrogens is 295 g/mol. The monoisotopic (exact) mass is 309 g/mol. The number of halogens is 4. The minimum Gasteiger partial charge on any atom is -0.378 e. The number of nitrogens with one attached hydrogen (secondary N) is 1. The molecule has 0 aliphatic rings. The molecule has 0 aliphatic heterocycles. The Morgan fingerprint density at radius 2 is 1.95 bits per heavy atom. The minimum atomic E-state index is -4.41. The lowest BCUT2D eigenvalue weighted by molar-refractivity contribution is -0.144. The molecule has 20 heavy (non-hydrogen) atoms. The lowest BCUT2D eigenvalue weighted by Crippen LogP contribution is -2.15. The van der Waals surface area contributed by atoms with Gasteiger partial charge in [0.1, 0.15) is 5.69 Å². The Balaban J connectivity index is 0.00000200. The second-order valence-corrected chi connectivity index (χ2v) is 4.08. The van der Waals surface area contributed by atoms with Crippen molar-refractivity contribution in [3.05, 3.63) is 29.8 Å². The van der Waals surface area contributed by atoms with Crippen molar-refractivity contribution in [2.75, 3.05) is 5.32 Å². The third-order valence-corrected chi connectivity index (χ3v) is 2.72. The average molecular weight is 310 g/mol. The van der Waals surface area contributed by atoms with Crippen LogP contribution in [0.1, 0.15) is 18.2 Å². The van der Waals surface area contributed by atoms with E-state index in [2.05, 4.69) is 15.5 Å². The Morgan fingerprint density at radius 3 is 2.50 bits per heavy atom. The van der Waals surface area contributed by atoms with Gasteiger partial charge in [-0.1, -0.05) is 0 Å². The summed E-state index contributed by atoms with van der Waals surface area (Å²) in [6, 6.07) is 0. The Hall–Kier alpha value is -1.70. The van der Waals surface area contributed by atoms with Gasteiger partial charge in [-0.25, -0.2) is 0 Å². The molecule has 2 rings (SSSR count). The van der Waals surface area contributed by atoms with Crippen molar-refractivity contribution < 1.29 is 13.2 Å². The van der Waals surface area contributed by atoms with E-state index in [1.807, 2.05) is 6.92 Å². The van der Waals surface area contributed by atoms with E-state index in [-0.39, 0.29) is 24.5 Å². The smallest absolute Gasteiger partial charge is 0.378 e. The molecule has 0 atom stereocenters. The fourth-order valence-electron chi connectivity index (χ4n) is 1.80. The molecule has 0 saturated carbocycles. The summed E-state index contributed by atoms with van der Waals surface area (Å²) in [6.45, 7) is 2.69. The number of aryl methyl sites for hydroxylation is 2. The first-order valence-corrected chi connectivity index (χ1v) is 5.76. The zero-order valence-electron chi connectivity index (χ0n) is 11.0. The maximum absolute atomic E-state index is 12.8. The largest absolute Gasteiger partial charge is 0.433 e. The topological polar surface area (TPSA) is 47.7 Å². The van der Waals surface area contributed by atoms with Crippen LogP contribution in [-0.4, -0.2) is 19.6 Å². The Labute approximate surface area is 120 Å². The van der Waals surface area contributed by atoms with Crippen molar-refractivity contribution in [1.29, 1.82) is 0 Å². The molecule has 2 heterocycles. The van der Waals surface area contributed by atoms with Gasteiger partial charge < -0.3 is 5.32 Å². The van der Waals surface area contributed by atoms with Crippen LogP contribution in [0.2, 0.25) is 0 Å². The van der Waals surface area contributed by atoms with E-state index in [4.69, 9.17) is 0 Å². The van der Waals surface area contributed by atoms with E-state index in [0.717, 1.165) is 4.68 Å². The molecular formula is C11H15ClF3N5. The van der Waals surface area contributed by atoms with E-state index in [1.165, 1.54) is 13.2 Å². The highest BCUT2D eigenvalue weighted by Gasteiger charge is 2.37. The van der Waals surface area contributed by atoms with Gasteiger partial charge in [0.2, 0.25) is 0 Å². The van der Waals surface area contributed by atoms with Gasteiger partial charge in [-0.15, -0.1) is 12.4 Å². The molecule has 9 heteroatoms. The second kappa shape index (κ2) is 6.17. The molecule has 0 saturated heterocycles. The highest BCUT2D eigenvalue weighted by atomic mass is 35.5. The lowest BCUT2D eigenvalue weighted by Gasteiger charge is -2.10. The highest BCUT2D eigenvalue weighted by molar-refractivity contribution is 5.85. The molecule has 2 aromatic rings. The van der Waals surface area contributed by atoms with Gasteiger partial charge in [-0.3, -0.25) is 9.36 Å². The Morgan fingerprint density at radius 1 is 1.25 bits per heavy atom. The maximum atomic E-state index is 12.8. The van der Waals surface area contributed by atoms with E-state index in [0.29, 0.717) is 12.2 Å². The number of anilines is 1. The molecule has 0 bridgehead atoms. The second-order valence-electron chi connectivity index (χ2n) is 4.08. The van der Waals surface area contributed by atoms with Crippen molar-refractivity contribution in [1.82, 2.24) is 19.6 Å². The normalized spacial score (nSPS) is 11.2. The van der Waals surface area contributed by atoms with Crippen molar-refractivity contribution >= 4 is 18.1 Å². The van der Waals surface area contributed by atoms with Gasteiger partial charge >= 0.3 is 6.18 Å². The number of aromatic nitrogens is 4. The molecule has 0 fully saturated rings. The van der Waals surface area contributed by atoms with E-state index < -0.39 is 11.9 Å². The number of hydrogen-bond acceptors (Lipinski definition) is 3. The third-order valence-electron chi connectivity index (χ3n) is 2.72. The van der Waals surface area contributed by atoms with E-state index >= 15 is 0 Å². The summed E-state index contributed by atoms with van der Waals surface area (Å²) in [5.74, 6) is 0. The summed E-state index contributed by atoms with van der Waals surface area (Å²) in [4.78, 5) is 0. The summed E-state index contributed by atoms with van der Waals surface area (Å²) in [6.07, 6.45) is 0.132. The predicted molar refractivity (Wildman–Crippen MR) is 70.7 cm³/mol. The molecule has 1 N–H and O–H groups in total. The van der Waals surface area contributed by atoms with Crippen LogP contribution in [0.15, 0.2) is 18.6 Å². The summed E-state index contributed by atoms with van der Waals surface area (Å²) in [7, 11) is 1.28.